The zero-order valence-corrected chi connectivity index (χ0v) is 12.4. The van der Waals surface area contributed by atoms with Crippen LogP contribution in [0, 0.1) is 0 Å². The van der Waals surface area contributed by atoms with E-state index in [1.54, 1.807) is 13.8 Å². The van der Waals surface area contributed by atoms with Gasteiger partial charge in [-0.3, -0.25) is 0 Å². The molecule has 19 heavy (non-hydrogen) atoms. The molecule has 0 saturated carbocycles. The number of aliphatic hydroxyl groups is 1. The molecule has 0 saturated heterocycles. The molecule has 4 N–H and O–H groups in total. The van der Waals surface area contributed by atoms with E-state index in [9.17, 15) is 5.11 Å². The van der Waals surface area contributed by atoms with E-state index >= 15 is 0 Å². The van der Waals surface area contributed by atoms with Gasteiger partial charge in [0, 0.05) is 4.90 Å². The van der Waals surface area contributed by atoms with Crippen molar-refractivity contribution in [2.45, 2.75) is 43.8 Å². The summed E-state index contributed by atoms with van der Waals surface area (Å²) in [6.07, 6.45) is 0. The summed E-state index contributed by atoms with van der Waals surface area (Å²) in [6.45, 7) is 7.20. The molecule has 0 radical (unpaired) electrons. The van der Waals surface area contributed by atoms with Crippen molar-refractivity contribution in [3.05, 3.63) is 24.3 Å². The van der Waals surface area contributed by atoms with Gasteiger partial charge in [0.05, 0.1) is 5.60 Å². The fraction of sp³-hybridized carbons (Fsp3) is 0.500. The summed E-state index contributed by atoms with van der Waals surface area (Å²) in [5, 5.41) is 31.4. The molecule has 1 aromatic carbocycles. The summed E-state index contributed by atoms with van der Waals surface area (Å²) in [4.78, 5) is 0.892. The molecule has 0 aliphatic carbocycles. The van der Waals surface area contributed by atoms with Crippen LogP contribution >= 0.6 is 12.6 Å². The molecule has 0 amide bonds. The highest BCUT2D eigenvalue weighted by Crippen LogP contribution is 2.28. The maximum absolute atomic E-state index is 9.92. The lowest BCUT2D eigenvalue weighted by molar-refractivity contribution is -0.0906. The first-order valence-electron chi connectivity index (χ1n) is 5.70. The fourth-order valence-electron chi connectivity index (χ4n) is 0.934. The quantitative estimate of drug-likeness (QED) is 0.420. The Morgan fingerprint density at radius 1 is 1.00 bits per heavy atom. The van der Waals surface area contributed by atoms with E-state index in [4.69, 9.17) is 19.8 Å². The van der Waals surface area contributed by atoms with Crippen molar-refractivity contribution in [1.29, 1.82) is 0 Å². The maximum atomic E-state index is 9.92. The van der Waals surface area contributed by atoms with E-state index in [1.165, 1.54) is 0 Å². The SMILES string of the molecule is CC(C)(O)C(C)(C)Oc1ccc(S)cc1.OB(O)O. The third kappa shape index (κ3) is 7.44. The van der Waals surface area contributed by atoms with Gasteiger partial charge in [-0.05, 0) is 52.0 Å². The van der Waals surface area contributed by atoms with E-state index in [0.717, 1.165) is 10.6 Å². The van der Waals surface area contributed by atoms with Gasteiger partial charge in [-0.2, -0.15) is 0 Å². The van der Waals surface area contributed by atoms with Crippen molar-refractivity contribution in [3.8, 4) is 5.75 Å². The van der Waals surface area contributed by atoms with E-state index in [2.05, 4.69) is 12.6 Å². The average Bonchev–Trinajstić information content (AvgIpc) is 2.18. The van der Waals surface area contributed by atoms with Gasteiger partial charge in [0.15, 0.2) is 0 Å². The van der Waals surface area contributed by atoms with Gasteiger partial charge in [-0.15, -0.1) is 12.6 Å². The number of hydrogen-bond donors (Lipinski definition) is 5. The van der Waals surface area contributed by atoms with Gasteiger partial charge < -0.3 is 24.9 Å². The van der Waals surface area contributed by atoms with Crippen molar-refractivity contribution in [1.82, 2.24) is 0 Å². The van der Waals surface area contributed by atoms with Gasteiger partial charge in [0.2, 0.25) is 0 Å². The highest BCUT2D eigenvalue weighted by molar-refractivity contribution is 7.80. The zero-order valence-electron chi connectivity index (χ0n) is 11.5. The largest absolute Gasteiger partial charge is 0.631 e. The molecule has 0 bridgehead atoms. The van der Waals surface area contributed by atoms with Crippen LogP contribution < -0.4 is 4.74 Å². The predicted octanol–water partition coefficient (Wildman–Crippen LogP) is 0.852. The molecule has 0 aliphatic rings. The zero-order chi connectivity index (χ0) is 15.3. The number of benzene rings is 1. The third-order valence-corrected chi connectivity index (χ3v) is 2.98. The van der Waals surface area contributed by atoms with Crippen LogP contribution in [-0.4, -0.2) is 38.7 Å². The lowest BCUT2D eigenvalue weighted by Crippen LogP contribution is -2.49. The van der Waals surface area contributed by atoms with Gasteiger partial charge in [0.25, 0.3) is 0 Å². The van der Waals surface area contributed by atoms with E-state index in [0.29, 0.717) is 0 Å². The Bertz CT molecular complexity index is 370. The van der Waals surface area contributed by atoms with Crippen molar-refractivity contribution in [2.24, 2.45) is 0 Å². The predicted molar refractivity (Wildman–Crippen MR) is 77.1 cm³/mol. The highest BCUT2D eigenvalue weighted by atomic mass is 32.1. The van der Waals surface area contributed by atoms with E-state index < -0.39 is 18.5 Å². The fourth-order valence-corrected chi connectivity index (χ4v) is 1.08. The lowest BCUT2D eigenvalue weighted by Gasteiger charge is -2.37. The molecule has 0 spiro atoms. The molecular formula is C12H21BO5S. The van der Waals surface area contributed by atoms with Crippen LogP contribution in [0.2, 0.25) is 0 Å². The summed E-state index contributed by atoms with van der Waals surface area (Å²) in [5.41, 5.74) is -1.53. The molecule has 0 aromatic heterocycles. The molecule has 1 aromatic rings. The number of hydrogen-bond acceptors (Lipinski definition) is 6. The Kier molecular flexibility index (Phi) is 6.89. The summed E-state index contributed by atoms with van der Waals surface area (Å²) in [7, 11) is -2.17. The standard InChI is InChI=1S/C12H18O2S.BH3O3/c1-11(2,13)12(3,4)14-9-5-7-10(15)8-6-9;2-1(3)4/h5-8,13,15H,1-4H3;2-4H. The van der Waals surface area contributed by atoms with Crippen molar-refractivity contribution < 1.29 is 24.9 Å². The Labute approximate surface area is 119 Å². The Balaban J connectivity index is 0.000000711. The van der Waals surface area contributed by atoms with Crippen LogP contribution in [-0.2, 0) is 0 Å². The first kappa shape index (κ1) is 18.3. The monoisotopic (exact) mass is 288 g/mol. The minimum atomic E-state index is -2.17. The van der Waals surface area contributed by atoms with Crippen LogP contribution in [0.4, 0.5) is 0 Å². The summed E-state index contributed by atoms with van der Waals surface area (Å²) in [6, 6.07) is 7.41. The van der Waals surface area contributed by atoms with Crippen LogP contribution in [0.15, 0.2) is 29.2 Å². The second-order valence-corrected chi connectivity index (χ2v) is 5.53. The summed E-state index contributed by atoms with van der Waals surface area (Å²) < 4.78 is 5.74. The molecule has 108 valence electrons. The van der Waals surface area contributed by atoms with Gasteiger partial charge in [-0.25, -0.2) is 0 Å². The molecule has 1 rings (SSSR count). The van der Waals surface area contributed by atoms with Crippen molar-refractivity contribution in [3.63, 3.8) is 0 Å². The molecule has 0 unspecified atom stereocenters. The van der Waals surface area contributed by atoms with Crippen molar-refractivity contribution in [2.75, 3.05) is 0 Å². The van der Waals surface area contributed by atoms with Crippen LogP contribution in [0.5, 0.6) is 5.75 Å². The van der Waals surface area contributed by atoms with Crippen molar-refractivity contribution >= 4 is 20.0 Å². The molecule has 0 aliphatic heterocycles. The van der Waals surface area contributed by atoms with E-state index in [-0.39, 0.29) is 0 Å². The number of thiol groups is 1. The minimum Gasteiger partial charge on any atom is -0.485 e. The highest BCUT2D eigenvalue weighted by Gasteiger charge is 2.37. The molecule has 0 heterocycles. The maximum Gasteiger partial charge on any atom is 0.631 e. The minimum absolute atomic E-state index is 0.634. The summed E-state index contributed by atoms with van der Waals surface area (Å²) in [5.74, 6) is 0.736. The topological polar surface area (TPSA) is 90.2 Å². The van der Waals surface area contributed by atoms with E-state index in [1.807, 2.05) is 38.1 Å². The smallest absolute Gasteiger partial charge is 0.485 e. The van der Waals surface area contributed by atoms with Crippen LogP contribution in [0.25, 0.3) is 0 Å². The summed E-state index contributed by atoms with van der Waals surface area (Å²) >= 11 is 4.20. The normalized spacial score (nSPS) is 11.4. The lowest BCUT2D eigenvalue weighted by atomic mass is 9.89. The Morgan fingerprint density at radius 3 is 1.68 bits per heavy atom. The van der Waals surface area contributed by atoms with Crippen LogP contribution in [0.3, 0.4) is 0 Å². The molecule has 0 atom stereocenters. The van der Waals surface area contributed by atoms with Gasteiger partial charge in [-0.1, -0.05) is 0 Å². The Hall–Kier alpha value is -0.725. The second-order valence-electron chi connectivity index (χ2n) is 5.01. The molecule has 5 nitrogen and oxygen atoms in total. The van der Waals surface area contributed by atoms with Gasteiger partial charge >= 0.3 is 7.32 Å². The first-order chi connectivity index (χ1) is 8.45. The van der Waals surface area contributed by atoms with Crippen LogP contribution in [0.1, 0.15) is 27.7 Å². The number of ether oxygens (including phenoxy) is 1. The van der Waals surface area contributed by atoms with Gasteiger partial charge in [0.1, 0.15) is 11.4 Å². The first-order valence-corrected chi connectivity index (χ1v) is 6.15. The third-order valence-electron chi connectivity index (χ3n) is 2.68. The molecular weight excluding hydrogens is 267 g/mol. The number of rotatable bonds is 3. The molecule has 7 heteroatoms. The molecule has 0 fully saturated rings. The second kappa shape index (κ2) is 7.16. The average molecular weight is 288 g/mol. The Morgan fingerprint density at radius 2 is 1.37 bits per heavy atom.